The van der Waals surface area contributed by atoms with Gasteiger partial charge in [0.1, 0.15) is 0 Å². The maximum Gasteiger partial charge on any atom is 0.303 e. The number of allylic oxidation sites excluding steroid dienone is 5. The Hall–Kier alpha value is -1.44. The molecule has 6 aliphatic carbocycles. The molecule has 49 heavy (non-hydrogen) atoms. The van der Waals surface area contributed by atoms with Gasteiger partial charge in [0.2, 0.25) is 0 Å². The van der Waals surface area contributed by atoms with Crippen LogP contribution in [0.5, 0.6) is 0 Å². The van der Waals surface area contributed by atoms with Crippen molar-refractivity contribution in [1.29, 1.82) is 0 Å². The van der Waals surface area contributed by atoms with E-state index in [0.29, 0.717) is 65.0 Å². The molecule has 0 aromatic carbocycles. The molecule has 0 amide bonds. The highest BCUT2D eigenvalue weighted by Gasteiger charge is 2.70. The summed E-state index contributed by atoms with van der Waals surface area (Å²) in [4.78, 5) is 13.8. The smallest absolute Gasteiger partial charge is 0.303 e. The van der Waals surface area contributed by atoms with Crippen molar-refractivity contribution in [2.24, 2.45) is 57.2 Å². The van der Waals surface area contributed by atoms with E-state index >= 15 is 0 Å². The lowest BCUT2D eigenvalue weighted by Crippen LogP contribution is -2.68. The first-order valence-corrected chi connectivity index (χ1v) is 21.7. The zero-order chi connectivity index (χ0) is 35.2. The van der Waals surface area contributed by atoms with Gasteiger partial charge in [-0.15, -0.1) is 0 Å². The van der Waals surface area contributed by atoms with Gasteiger partial charge in [-0.25, -0.2) is 8.42 Å². The SMILES string of the molecule is C=C(C)[C@@H]1CC[C@]2(NCCN3CCS(=O)(=O)CC3)CC[C@]3(C)[C@H](CC[C@@H]4[C@@]5(C)CC=C(C6=CCC(CC(=O)O)C6)C(C)(C)[C@@H]5CC[C@]43C)[C@@H]12. The van der Waals surface area contributed by atoms with Gasteiger partial charge in [-0.3, -0.25) is 4.79 Å². The second-order valence-electron chi connectivity index (χ2n) is 19.4. The number of carbonyl (C=O) groups is 1. The standard InChI is InChI=1S/C42H66N2O4S/c1-28(2)31-12-17-42(43-20-21-44-22-24-49(47,48)25-23-44)19-18-40(6)33(37(31)42)10-11-35-39(5)15-13-32(30-9-8-29(26-30)27-36(45)46)38(3,4)34(39)14-16-41(35,40)7/h9,13,29,31,33-35,37,43H,1,8,10-12,14-27H2,2-7H3,(H,45,46)/t29?,31-,33+,34-,35+,37+,39-,40+,41+,42-/m0/s1. The lowest BCUT2D eigenvalue weighted by atomic mass is 9.33. The Balaban J connectivity index is 1.12. The number of carboxylic acid groups (broad SMARTS) is 1. The van der Waals surface area contributed by atoms with Crippen LogP contribution in [0.1, 0.15) is 119 Å². The molecule has 1 aliphatic heterocycles. The first-order valence-electron chi connectivity index (χ1n) is 19.9. The molecule has 4 saturated carbocycles. The summed E-state index contributed by atoms with van der Waals surface area (Å²) in [6.07, 6.45) is 18.5. The molecule has 1 heterocycles. The van der Waals surface area contributed by atoms with Crippen LogP contribution in [0.2, 0.25) is 0 Å². The number of rotatable bonds is 8. The molecule has 10 atom stereocenters. The monoisotopic (exact) mass is 694 g/mol. The zero-order valence-electron chi connectivity index (χ0n) is 31.6. The predicted octanol–water partition coefficient (Wildman–Crippen LogP) is 8.06. The Kier molecular flexibility index (Phi) is 9.04. The fraction of sp³-hybridized carbons (Fsp3) is 0.833. The van der Waals surface area contributed by atoms with Gasteiger partial charge in [-0.05, 0) is 146 Å². The number of fused-ring (bicyclic) bond motifs is 7. The number of hydrogen-bond donors (Lipinski definition) is 2. The summed E-state index contributed by atoms with van der Waals surface area (Å²) in [7, 11) is -2.86. The molecule has 6 nitrogen and oxygen atoms in total. The summed E-state index contributed by atoms with van der Waals surface area (Å²) in [6.45, 7) is 23.3. The van der Waals surface area contributed by atoms with Gasteiger partial charge in [0, 0.05) is 38.1 Å². The maximum absolute atomic E-state index is 12.0. The lowest BCUT2D eigenvalue weighted by molar-refractivity contribution is -0.221. The van der Waals surface area contributed by atoms with Crippen LogP contribution in [-0.2, 0) is 14.6 Å². The number of nitrogens with zero attached hydrogens (tertiary/aromatic N) is 1. The van der Waals surface area contributed by atoms with Gasteiger partial charge in [0.25, 0.3) is 0 Å². The van der Waals surface area contributed by atoms with Crippen molar-refractivity contribution in [1.82, 2.24) is 10.2 Å². The first-order chi connectivity index (χ1) is 23.0. The second-order valence-corrected chi connectivity index (χ2v) is 21.7. The van der Waals surface area contributed by atoms with Gasteiger partial charge >= 0.3 is 5.97 Å². The third-order valence-corrected chi connectivity index (χ3v) is 18.6. The molecule has 1 saturated heterocycles. The summed E-state index contributed by atoms with van der Waals surface area (Å²) in [5, 5.41) is 13.7. The molecular weight excluding hydrogens is 629 g/mol. The number of carboxylic acids is 1. The van der Waals surface area contributed by atoms with Gasteiger partial charge in [-0.2, -0.15) is 0 Å². The van der Waals surface area contributed by atoms with Crippen LogP contribution in [0.15, 0.2) is 35.5 Å². The molecule has 7 rings (SSSR count). The number of aliphatic carboxylic acids is 1. The molecule has 0 radical (unpaired) electrons. The Morgan fingerprint density at radius 1 is 0.959 bits per heavy atom. The third-order valence-electron chi connectivity index (χ3n) is 17.0. The van der Waals surface area contributed by atoms with Gasteiger partial charge in [0.05, 0.1) is 11.5 Å². The Bertz CT molecular complexity index is 1520. The molecule has 0 bridgehead atoms. The molecule has 0 aromatic rings. The van der Waals surface area contributed by atoms with E-state index in [4.69, 9.17) is 0 Å². The van der Waals surface area contributed by atoms with E-state index in [0.717, 1.165) is 32.4 Å². The normalized spacial score (nSPS) is 45.7. The number of sulfone groups is 1. The largest absolute Gasteiger partial charge is 0.481 e. The summed E-state index contributed by atoms with van der Waals surface area (Å²) in [5.74, 6) is 3.42. The van der Waals surface area contributed by atoms with Crippen molar-refractivity contribution in [3.8, 4) is 0 Å². The van der Waals surface area contributed by atoms with Crippen LogP contribution in [0, 0.1) is 57.2 Å². The van der Waals surface area contributed by atoms with E-state index in [2.05, 4.69) is 70.5 Å². The van der Waals surface area contributed by atoms with Crippen molar-refractivity contribution < 1.29 is 18.3 Å². The molecule has 0 aromatic heterocycles. The Morgan fingerprint density at radius 3 is 2.39 bits per heavy atom. The molecule has 274 valence electrons. The topological polar surface area (TPSA) is 86.7 Å². The van der Waals surface area contributed by atoms with Crippen molar-refractivity contribution in [2.45, 2.75) is 124 Å². The highest BCUT2D eigenvalue weighted by Crippen LogP contribution is 2.76. The van der Waals surface area contributed by atoms with E-state index in [1.54, 1.807) is 0 Å². The zero-order valence-corrected chi connectivity index (χ0v) is 32.4. The summed E-state index contributed by atoms with van der Waals surface area (Å²) < 4.78 is 24.0. The van der Waals surface area contributed by atoms with E-state index in [-0.39, 0.29) is 28.7 Å². The van der Waals surface area contributed by atoms with Crippen LogP contribution in [0.25, 0.3) is 0 Å². The predicted molar refractivity (Wildman–Crippen MR) is 199 cm³/mol. The van der Waals surface area contributed by atoms with Crippen molar-refractivity contribution in [3.05, 3.63) is 35.5 Å². The molecule has 7 heteroatoms. The Labute approximate surface area is 297 Å². The quantitative estimate of drug-likeness (QED) is 0.250. The highest BCUT2D eigenvalue weighted by atomic mass is 32.2. The van der Waals surface area contributed by atoms with Gasteiger partial charge < -0.3 is 15.3 Å². The second kappa shape index (κ2) is 12.3. The number of hydrogen-bond acceptors (Lipinski definition) is 5. The Morgan fingerprint density at radius 2 is 1.69 bits per heavy atom. The van der Waals surface area contributed by atoms with Gasteiger partial charge in [0.15, 0.2) is 9.84 Å². The first kappa shape index (κ1) is 35.9. The van der Waals surface area contributed by atoms with Crippen LogP contribution in [0.4, 0.5) is 0 Å². The maximum atomic E-state index is 12.0. The molecule has 5 fully saturated rings. The van der Waals surface area contributed by atoms with Crippen LogP contribution >= 0.6 is 0 Å². The molecular formula is C42H66N2O4S. The van der Waals surface area contributed by atoms with Crippen LogP contribution in [0.3, 0.4) is 0 Å². The average molecular weight is 695 g/mol. The van der Waals surface area contributed by atoms with Crippen LogP contribution in [-0.4, -0.2) is 67.6 Å². The minimum Gasteiger partial charge on any atom is -0.481 e. The third kappa shape index (κ3) is 5.68. The van der Waals surface area contributed by atoms with Crippen molar-refractivity contribution >= 4 is 15.8 Å². The highest BCUT2D eigenvalue weighted by molar-refractivity contribution is 7.91. The van der Waals surface area contributed by atoms with Crippen molar-refractivity contribution in [3.63, 3.8) is 0 Å². The van der Waals surface area contributed by atoms with Crippen molar-refractivity contribution in [2.75, 3.05) is 37.7 Å². The minimum absolute atomic E-state index is 0.0940. The molecule has 2 N–H and O–H groups in total. The average Bonchev–Trinajstić information content (AvgIpc) is 3.63. The summed E-state index contributed by atoms with van der Waals surface area (Å²) >= 11 is 0. The van der Waals surface area contributed by atoms with Crippen LogP contribution < -0.4 is 5.32 Å². The molecule has 1 unspecified atom stereocenters. The minimum atomic E-state index is -2.86. The van der Waals surface area contributed by atoms with E-state index < -0.39 is 15.8 Å². The van der Waals surface area contributed by atoms with E-state index in [9.17, 15) is 18.3 Å². The number of nitrogens with one attached hydrogen (secondary N) is 1. The van der Waals surface area contributed by atoms with Gasteiger partial charge in [-0.1, -0.05) is 58.9 Å². The fourth-order valence-electron chi connectivity index (χ4n) is 14.5. The lowest BCUT2D eigenvalue weighted by Gasteiger charge is -2.72. The molecule has 7 aliphatic rings. The van der Waals surface area contributed by atoms with E-state index in [1.807, 2.05) is 0 Å². The summed E-state index contributed by atoms with van der Waals surface area (Å²) in [6, 6.07) is 0. The van der Waals surface area contributed by atoms with E-state index in [1.165, 1.54) is 68.1 Å². The molecule has 0 spiro atoms. The summed E-state index contributed by atoms with van der Waals surface area (Å²) in [5.41, 5.74) is 5.47. The fourth-order valence-corrected chi connectivity index (χ4v) is 15.7.